The Morgan fingerprint density at radius 1 is 1.25 bits per heavy atom. The van der Waals surface area contributed by atoms with Gasteiger partial charge in [-0.15, -0.1) is 0 Å². The highest BCUT2D eigenvalue weighted by atomic mass is 16.5. The van der Waals surface area contributed by atoms with E-state index in [2.05, 4.69) is 0 Å². The highest BCUT2D eigenvalue weighted by molar-refractivity contribution is 5.68. The summed E-state index contributed by atoms with van der Waals surface area (Å²) in [6, 6.07) is 0. The Balaban J connectivity index is 4.14. The second-order valence-corrected chi connectivity index (χ2v) is 4.44. The van der Waals surface area contributed by atoms with Crippen LogP contribution in [0, 0.1) is 5.41 Å². The molecule has 0 radical (unpaired) electrons. The zero-order chi connectivity index (χ0) is 9.99. The number of aliphatic carboxylic acids is 1. The van der Waals surface area contributed by atoms with Crippen LogP contribution in [-0.4, -0.2) is 23.3 Å². The number of ether oxygens (including phenoxy) is 1. The zero-order valence-corrected chi connectivity index (χ0v) is 8.47. The number of carboxylic acids is 1. The van der Waals surface area contributed by atoms with Gasteiger partial charge in [-0.2, -0.15) is 0 Å². The van der Waals surface area contributed by atoms with Crippen LogP contribution in [0.5, 0.6) is 0 Å². The summed E-state index contributed by atoms with van der Waals surface area (Å²) in [5, 5.41) is 8.42. The standard InChI is InChI=1S/C9H18O3/c1-8(2,3)9(4,5)12-6-7(10)11/h6H2,1-5H3,(H,10,11). The van der Waals surface area contributed by atoms with Crippen molar-refractivity contribution in [1.82, 2.24) is 0 Å². The molecule has 72 valence electrons. The molecule has 0 aliphatic heterocycles. The van der Waals surface area contributed by atoms with Gasteiger partial charge in [-0.05, 0) is 19.3 Å². The van der Waals surface area contributed by atoms with E-state index in [9.17, 15) is 4.79 Å². The first-order valence-corrected chi connectivity index (χ1v) is 4.02. The van der Waals surface area contributed by atoms with Crippen LogP contribution in [0.4, 0.5) is 0 Å². The van der Waals surface area contributed by atoms with Gasteiger partial charge in [-0.3, -0.25) is 0 Å². The van der Waals surface area contributed by atoms with Crippen molar-refractivity contribution in [2.75, 3.05) is 6.61 Å². The van der Waals surface area contributed by atoms with Crippen LogP contribution in [0.3, 0.4) is 0 Å². The molecule has 0 atom stereocenters. The van der Waals surface area contributed by atoms with E-state index in [1.165, 1.54) is 0 Å². The fourth-order valence-corrected chi connectivity index (χ4v) is 0.459. The average Bonchev–Trinajstić information content (AvgIpc) is 1.81. The maximum Gasteiger partial charge on any atom is 0.329 e. The van der Waals surface area contributed by atoms with Crippen LogP contribution in [0.25, 0.3) is 0 Å². The third-order valence-electron chi connectivity index (χ3n) is 2.36. The van der Waals surface area contributed by atoms with E-state index in [1.807, 2.05) is 34.6 Å². The number of rotatable bonds is 3. The lowest BCUT2D eigenvalue weighted by Gasteiger charge is -2.38. The maximum atomic E-state index is 10.2. The van der Waals surface area contributed by atoms with Crippen LogP contribution in [0.1, 0.15) is 34.6 Å². The molecule has 0 fully saturated rings. The molecule has 0 aliphatic rings. The molecule has 0 bridgehead atoms. The normalized spacial score (nSPS) is 13.1. The molecule has 0 aromatic heterocycles. The van der Waals surface area contributed by atoms with Gasteiger partial charge in [0.1, 0.15) is 6.61 Å². The lowest BCUT2D eigenvalue weighted by Crippen LogP contribution is -2.40. The van der Waals surface area contributed by atoms with E-state index in [1.54, 1.807) is 0 Å². The van der Waals surface area contributed by atoms with E-state index in [0.717, 1.165) is 0 Å². The third kappa shape index (κ3) is 3.22. The summed E-state index contributed by atoms with van der Waals surface area (Å²) in [5.74, 6) is -0.924. The second-order valence-electron chi connectivity index (χ2n) is 4.44. The Bertz CT molecular complexity index is 165. The van der Waals surface area contributed by atoms with E-state index >= 15 is 0 Å². The fourth-order valence-electron chi connectivity index (χ4n) is 0.459. The van der Waals surface area contributed by atoms with Crippen molar-refractivity contribution in [3.8, 4) is 0 Å². The number of carbonyl (C=O) groups is 1. The predicted molar refractivity (Wildman–Crippen MR) is 47.1 cm³/mol. The van der Waals surface area contributed by atoms with Crippen molar-refractivity contribution < 1.29 is 14.6 Å². The van der Waals surface area contributed by atoms with Gasteiger partial charge in [-0.1, -0.05) is 20.8 Å². The van der Waals surface area contributed by atoms with E-state index in [0.29, 0.717) is 0 Å². The van der Waals surface area contributed by atoms with E-state index in [4.69, 9.17) is 9.84 Å². The molecule has 0 rings (SSSR count). The lowest BCUT2D eigenvalue weighted by atomic mass is 9.79. The summed E-state index contributed by atoms with van der Waals surface area (Å²) in [6.07, 6.45) is 0. The summed E-state index contributed by atoms with van der Waals surface area (Å²) in [5.41, 5.74) is -0.464. The van der Waals surface area contributed by atoms with E-state index < -0.39 is 11.6 Å². The molecule has 3 nitrogen and oxygen atoms in total. The van der Waals surface area contributed by atoms with Crippen molar-refractivity contribution in [1.29, 1.82) is 0 Å². The van der Waals surface area contributed by atoms with Crippen LogP contribution < -0.4 is 0 Å². The number of hydrogen-bond donors (Lipinski definition) is 1. The average molecular weight is 174 g/mol. The highest BCUT2D eigenvalue weighted by Crippen LogP contribution is 2.32. The number of carboxylic acid groups (broad SMARTS) is 1. The molecule has 0 spiro atoms. The largest absolute Gasteiger partial charge is 0.480 e. The minimum Gasteiger partial charge on any atom is -0.480 e. The first kappa shape index (κ1) is 11.4. The molecule has 1 N–H and O–H groups in total. The quantitative estimate of drug-likeness (QED) is 0.711. The lowest BCUT2D eigenvalue weighted by molar-refractivity contribution is -0.155. The molecule has 0 unspecified atom stereocenters. The molecule has 0 aromatic carbocycles. The summed E-state index contributed by atoms with van der Waals surface area (Å²) >= 11 is 0. The first-order chi connectivity index (χ1) is 5.17. The second kappa shape index (κ2) is 3.44. The van der Waals surface area contributed by atoms with Crippen molar-refractivity contribution >= 4 is 5.97 Å². The molecule has 0 saturated carbocycles. The van der Waals surface area contributed by atoms with Crippen molar-refractivity contribution in [2.45, 2.75) is 40.2 Å². The molecule has 0 heterocycles. The smallest absolute Gasteiger partial charge is 0.329 e. The Kier molecular flexibility index (Phi) is 3.27. The zero-order valence-electron chi connectivity index (χ0n) is 8.47. The van der Waals surface area contributed by atoms with Gasteiger partial charge in [0.15, 0.2) is 0 Å². The SMILES string of the molecule is CC(C)(C)C(C)(C)OCC(=O)O. The molecule has 0 saturated heterocycles. The van der Waals surface area contributed by atoms with Crippen LogP contribution in [0.2, 0.25) is 0 Å². The van der Waals surface area contributed by atoms with Crippen LogP contribution in [0.15, 0.2) is 0 Å². The fraction of sp³-hybridized carbons (Fsp3) is 0.889. The molecule has 0 amide bonds. The van der Waals surface area contributed by atoms with E-state index in [-0.39, 0.29) is 12.0 Å². The van der Waals surface area contributed by atoms with Crippen LogP contribution >= 0.6 is 0 Å². The van der Waals surface area contributed by atoms with Gasteiger partial charge in [0.05, 0.1) is 5.60 Å². The topological polar surface area (TPSA) is 46.5 Å². The molecular formula is C9H18O3. The minimum absolute atomic E-state index is 0.0531. The van der Waals surface area contributed by atoms with Gasteiger partial charge < -0.3 is 9.84 Å². The Labute approximate surface area is 73.7 Å². The van der Waals surface area contributed by atoms with Crippen molar-refractivity contribution in [3.05, 3.63) is 0 Å². The summed E-state index contributed by atoms with van der Waals surface area (Å²) in [7, 11) is 0. The van der Waals surface area contributed by atoms with Gasteiger partial charge >= 0.3 is 5.97 Å². The summed E-state index contributed by atoms with van der Waals surface area (Å²) in [4.78, 5) is 10.2. The molecule has 3 heteroatoms. The molecule has 0 aromatic rings. The monoisotopic (exact) mass is 174 g/mol. The Morgan fingerprint density at radius 3 is 1.92 bits per heavy atom. The predicted octanol–water partition coefficient (Wildman–Crippen LogP) is 1.91. The number of hydrogen-bond acceptors (Lipinski definition) is 2. The summed E-state index contributed by atoms with van der Waals surface area (Å²) in [6.45, 7) is 9.63. The molecule has 12 heavy (non-hydrogen) atoms. The molecule has 0 aliphatic carbocycles. The Morgan fingerprint density at radius 2 is 1.67 bits per heavy atom. The van der Waals surface area contributed by atoms with Crippen molar-refractivity contribution in [2.24, 2.45) is 5.41 Å². The van der Waals surface area contributed by atoms with Gasteiger partial charge in [0.25, 0.3) is 0 Å². The van der Waals surface area contributed by atoms with Crippen LogP contribution in [-0.2, 0) is 9.53 Å². The first-order valence-electron chi connectivity index (χ1n) is 4.02. The third-order valence-corrected chi connectivity index (χ3v) is 2.36. The molecular weight excluding hydrogens is 156 g/mol. The maximum absolute atomic E-state index is 10.2. The Hall–Kier alpha value is -0.570. The van der Waals surface area contributed by atoms with Gasteiger partial charge in [0, 0.05) is 0 Å². The minimum atomic E-state index is -0.924. The van der Waals surface area contributed by atoms with Gasteiger partial charge in [-0.25, -0.2) is 4.79 Å². The van der Waals surface area contributed by atoms with Crippen molar-refractivity contribution in [3.63, 3.8) is 0 Å². The summed E-state index contributed by atoms with van der Waals surface area (Å²) < 4.78 is 5.26. The highest BCUT2D eigenvalue weighted by Gasteiger charge is 2.34. The van der Waals surface area contributed by atoms with Gasteiger partial charge in [0.2, 0.25) is 0 Å².